The standard InChI is InChI=1S/C12H12N2/c13-8-4-7-12(10-14)9-11-5-2-1-3-6-11/h1-3,5-6,12H,4,7,9H2. The molecule has 70 valence electrons. The summed E-state index contributed by atoms with van der Waals surface area (Å²) < 4.78 is 0. The highest BCUT2D eigenvalue weighted by molar-refractivity contribution is 5.16. The smallest absolute Gasteiger partial charge is 0.0659 e. The second-order valence-electron chi connectivity index (χ2n) is 3.21. The molecule has 0 bridgehead atoms. The summed E-state index contributed by atoms with van der Waals surface area (Å²) in [4.78, 5) is 0. The van der Waals surface area contributed by atoms with E-state index >= 15 is 0 Å². The van der Waals surface area contributed by atoms with Crippen LogP contribution in [0.3, 0.4) is 0 Å². The first-order chi connectivity index (χ1) is 6.86. The fraction of sp³-hybridized carbons (Fsp3) is 0.333. The maximum absolute atomic E-state index is 8.85. The summed E-state index contributed by atoms with van der Waals surface area (Å²) in [5, 5.41) is 17.3. The molecule has 14 heavy (non-hydrogen) atoms. The normalized spacial score (nSPS) is 11.3. The molecule has 0 aliphatic rings. The summed E-state index contributed by atoms with van der Waals surface area (Å²) in [6.07, 6.45) is 1.88. The fourth-order valence-electron chi connectivity index (χ4n) is 1.35. The van der Waals surface area contributed by atoms with Gasteiger partial charge in [-0.3, -0.25) is 0 Å². The predicted octanol–water partition coefficient (Wildman–Crippen LogP) is 2.67. The van der Waals surface area contributed by atoms with Gasteiger partial charge in [-0.15, -0.1) is 0 Å². The van der Waals surface area contributed by atoms with E-state index in [9.17, 15) is 0 Å². The Bertz CT molecular complexity index is 343. The van der Waals surface area contributed by atoms with Crippen molar-refractivity contribution in [2.24, 2.45) is 5.92 Å². The Morgan fingerprint density at radius 2 is 1.86 bits per heavy atom. The molecule has 2 heteroatoms. The van der Waals surface area contributed by atoms with Gasteiger partial charge in [0, 0.05) is 6.42 Å². The molecule has 1 aromatic rings. The molecule has 0 fully saturated rings. The summed E-state index contributed by atoms with van der Waals surface area (Å²) in [5.41, 5.74) is 1.16. The van der Waals surface area contributed by atoms with Crippen molar-refractivity contribution in [1.29, 1.82) is 10.5 Å². The Hall–Kier alpha value is -1.80. The van der Waals surface area contributed by atoms with Gasteiger partial charge in [-0.25, -0.2) is 0 Å². The van der Waals surface area contributed by atoms with E-state index in [1.807, 2.05) is 30.3 Å². The highest BCUT2D eigenvalue weighted by Gasteiger charge is 2.07. The van der Waals surface area contributed by atoms with Gasteiger partial charge in [0.05, 0.1) is 18.1 Å². The summed E-state index contributed by atoms with van der Waals surface area (Å²) in [6, 6.07) is 14.2. The van der Waals surface area contributed by atoms with Crippen LogP contribution in [0.25, 0.3) is 0 Å². The number of hydrogen-bond donors (Lipinski definition) is 0. The van der Waals surface area contributed by atoms with Crippen LogP contribution in [0.5, 0.6) is 0 Å². The highest BCUT2D eigenvalue weighted by Crippen LogP contribution is 2.12. The van der Waals surface area contributed by atoms with Gasteiger partial charge >= 0.3 is 0 Å². The molecule has 0 heterocycles. The number of nitrogens with zero attached hydrogens (tertiary/aromatic N) is 2. The third-order valence-corrected chi connectivity index (χ3v) is 2.11. The van der Waals surface area contributed by atoms with Crippen molar-refractivity contribution in [3.05, 3.63) is 35.9 Å². The Labute approximate surface area is 84.4 Å². The van der Waals surface area contributed by atoms with E-state index in [2.05, 4.69) is 12.1 Å². The van der Waals surface area contributed by atoms with Gasteiger partial charge in [0.1, 0.15) is 0 Å². The molecule has 0 saturated heterocycles. The lowest BCUT2D eigenvalue weighted by molar-refractivity contribution is 0.611. The largest absolute Gasteiger partial charge is 0.198 e. The van der Waals surface area contributed by atoms with E-state index < -0.39 is 0 Å². The molecule has 0 saturated carbocycles. The SMILES string of the molecule is N#CCCC(C#N)Cc1ccccc1. The van der Waals surface area contributed by atoms with Crippen molar-refractivity contribution in [3.8, 4) is 12.1 Å². The summed E-state index contributed by atoms with van der Waals surface area (Å²) in [6.45, 7) is 0. The van der Waals surface area contributed by atoms with Crippen molar-refractivity contribution < 1.29 is 0 Å². The molecule has 0 amide bonds. The van der Waals surface area contributed by atoms with Gasteiger partial charge in [0.25, 0.3) is 0 Å². The van der Waals surface area contributed by atoms with Crippen LogP contribution in [0, 0.1) is 28.6 Å². The molecule has 0 aliphatic heterocycles. The zero-order chi connectivity index (χ0) is 10.2. The Kier molecular flexibility index (Phi) is 4.24. The van der Waals surface area contributed by atoms with Gasteiger partial charge in [0.15, 0.2) is 0 Å². The zero-order valence-electron chi connectivity index (χ0n) is 7.98. The van der Waals surface area contributed by atoms with E-state index in [0.29, 0.717) is 12.8 Å². The lowest BCUT2D eigenvalue weighted by atomic mass is 9.96. The van der Waals surface area contributed by atoms with Crippen molar-refractivity contribution in [1.82, 2.24) is 0 Å². The lowest BCUT2D eigenvalue weighted by Crippen LogP contribution is -2.01. The van der Waals surface area contributed by atoms with Crippen LogP contribution < -0.4 is 0 Å². The zero-order valence-corrected chi connectivity index (χ0v) is 7.98. The second-order valence-corrected chi connectivity index (χ2v) is 3.21. The van der Waals surface area contributed by atoms with Gasteiger partial charge in [-0.2, -0.15) is 10.5 Å². The topological polar surface area (TPSA) is 47.6 Å². The maximum atomic E-state index is 8.85. The van der Waals surface area contributed by atoms with Gasteiger partial charge in [-0.1, -0.05) is 30.3 Å². The molecule has 0 radical (unpaired) electrons. The fourth-order valence-corrected chi connectivity index (χ4v) is 1.35. The number of hydrogen-bond acceptors (Lipinski definition) is 2. The van der Waals surface area contributed by atoms with Crippen LogP contribution in [0.4, 0.5) is 0 Å². The minimum Gasteiger partial charge on any atom is -0.198 e. The van der Waals surface area contributed by atoms with E-state index in [4.69, 9.17) is 10.5 Å². The monoisotopic (exact) mass is 184 g/mol. The maximum Gasteiger partial charge on any atom is 0.0659 e. The summed E-state index contributed by atoms with van der Waals surface area (Å²) >= 11 is 0. The first-order valence-electron chi connectivity index (χ1n) is 4.67. The van der Waals surface area contributed by atoms with Crippen LogP contribution in [-0.4, -0.2) is 0 Å². The molecular formula is C12H12N2. The number of rotatable bonds is 4. The number of nitriles is 2. The Balaban J connectivity index is 2.51. The molecule has 1 aromatic carbocycles. The molecule has 1 rings (SSSR count). The minimum absolute atomic E-state index is 0.0305. The summed E-state index contributed by atoms with van der Waals surface area (Å²) in [5.74, 6) is -0.0305. The molecule has 0 aliphatic carbocycles. The van der Waals surface area contributed by atoms with Crippen LogP contribution in [0.1, 0.15) is 18.4 Å². The van der Waals surface area contributed by atoms with Gasteiger partial charge in [0.2, 0.25) is 0 Å². The Morgan fingerprint density at radius 1 is 1.14 bits per heavy atom. The Morgan fingerprint density at radius 3 is 2.43 bits per heavy atom. The molecule has 1 unspecified atom stereocenters. The van der Waals surface area contributed by atoms with Crippen LogP contribution >= 0.6 is 0 Å². The van der Waals surface area contributed by atoms with Crippen molar-refractivity contribution >= 4 is 0 Å². The van der Waals surface area contributed by atoms with Gasteiger partial charge in [-0.05, 0) is 18.4 Å². The van der Waals surface area contributed by atoms with Crippen molar-refractivity contribution in [3.63, 3.8) is 0 Å². The van der Waals surface area contributed by atoms with Crippen molar-refractivity contribution in [2.45, 2.75) is 19.3 Å². The molecule has 2 nitrogen and oxygen atoms in total. The van der Waals surface area contributed by atoms with Crippen LogP contribution in [-0.2, 0) is 6.42 Å². The first-order valence-corrected chi connectivity index (χ1v) is 4.67. The van der Waals surface area contributed by atoms with E-state index in [0.717, 1.165) is 12.0 Å². The third-order valence-electron chi connectivity index (χ3n) is 2.11. The molecule has 0 N–H and O–H groups in total. The average molecular weight is 184 g/mol. The van der Waals surface area contributed by atoms with Gasteiger partial charge < -0.3 is 0 Å². The second kappa shape index (κ2) is 5.78. The predicted molar refractivity (Wildman–Crippen MR) is 54.1 cm³/mol. The lowest BCUT2D eigenvalue weighted by Gasteiger charge is -2.05. The van der Waals surface area contributed by atoms with E-state index in [-0.39, 0.29) is 5.92 Å². The molecule has 0 aromatic heterocycles. The molecular weight excluding hydrogens is 172 g/mol. The van der Waals surface area contributed by atoms with E-state index in [1.165, 1.54) is 0 Å². The number of benzene rings is 1. The van der Waals surface area contributed by atoms with Crippen molar-refractivity contribution in [2.75, 3.05) is 0 Å². The van der Waals surface area contributed by atoms with Crippen LogP contribution in [0.2, 0.25) is 0 Å². The quantitative estimate of drug-likeness (QED) is 0.722. The highest BCUT2D eigenvalue weighted by atomic mass is 14.3. The molecule has 0 spiro atoms. The molecule has 1 atom stereocenters. The average Bonchev–Trinajstić information content (AvgIpc) is 2.25. The van der Waals surface area contributed by atoms with E-state index in [1.54, 1.807) is 0 Å². The summed E-state index contributed by atoms with van der Waals surface area (Å²) in [7, 11) is 0. The first kappa shape index (κ1) is 10.3. The van der Waals surface area contributed by atoms with Crippen LogP contribution in [0.15, 0.2) is 30.3 Å². The minimum atomic E-state index is -0.0305. The third kappa shape index (κ3) is 3.29.